The summed E-state index contributed by atoms with van der Waals surface area (Å²) in [6.45, 7) is 1.89. The number of likely N-dealkylation sites (tertiary alicyclic amines) is 1. The summed E-state index contributed by atoms with van der Waals surface area (Å²) in [4.78, 5) is 2.28. The summed E-state index contributed by atoms with van der Waals surface area (Å²) in [6.07, 6.45) is 1.64. The number of nitrogens with zero attached hydrogens (tertiary/aromatic N) is 1. The Kier molecular flexibility index (Phi) is 1.88. The van der Waals surface area contributed by atoms with Crippen molar-refractivity contribution < 1.29 is 4.74 Å². The van der Waals surface area contributed by atoms with Gasteiger partial charge in [0.25, 0.3) is 0 Å². The molecule has 2 heterocycles. The zero-order valence-corrected chi connectivity index (χ0v) is 7.39. The first-order valence-electron chi connectivity index (χ1n) is 3.51. The summed E-state index contributed by atoms with van der Waals surface area (Å²) in [5, 5.41) is 0. The first kappa shape index (κ1) is 7.28. The van der Waals surface area contributed by atoms with Crippen LogP contribution in [-0.2, 0) is 4.74 Å². The molecule has 0 spiro atoms. The summed E-state index contributed by atoms with van der Waals surface area (Å²) in [7, 11) is 0. The van der Waals surface area contributed by atoms with Gasteiger partial charge in [-0.25, -0.2) is 0 Å². The van der Waals surface area contributed by atoms with E-state index in [1.807, 2.05) is 0 Å². The highest BCUT2D eigenvalue weighted by Gasteiger charge is 2.40. The second-order valence-corrected chi connectivity index (χ2v) is 4.27. The van der Waals surface area contributed by atoms with E-state index in [0.29, 0.717) is 12.1 Å². The summed E-state index contributed by atoms with van der Waals surface area (Å²) in [6, 6.07) is 0.588. The molecular formula is C6H11NOS2. The van der Waals surface area contributed by atoms with Crippen LogP contribution in [0.5, 0.6) is 0 Å². The second kappa shape index (κ2) is 2.59. The van der Waals surface area contributed by atoms with E-state index < -0.39 is 0 Å². The molecule has 0 aromatic rings. The molecule has 2 atom stereocenters. The molecule has 0 amide bonds. The molecule has 2 rings (SSSR count). The van der Waals surface area contributed by atoms with E-state index in [-0.39, 0.29) is 4.71 Å². The number of morpholine rings is 1. The molecule has 2 saturated heterocycles. The van der Waals surface area contributed by atoms with Crippen LogP contribution in [0.3, 0.4) is 0 Å². The highest BCUT2D eigenvalue weighted by atomic mass is 32.2. The van der Waals surface area contributed by atoms with Crippen molar-refractivity contribution >= 4 is 25.3 Å². The van der Waals surface area contributed by atoms with Crippen LogP contribution < -0.4 is 0 Å². The molecule has 2 bridgehead atoms. The van der Waals surface area contributed by atoms with Gasteiger partial charge in [-0.2, -0.15) is 0 Å². The fourth-order valence-corrected chi connectivity index (χ4v) is 2.28. The number of hydrogen-bond acceptors (Lipinski definition) is 4. The quantitative estimate of drug-likeness (QED) is 0.449. The van der Waals surface area contributed by atoms with Gasteiger partial charge in [0, 0.05) is 12.6 Å². The highest BCUT2D eigenvalue weighted by molar-refractivity contribution is 7.99. The van der Waals surface area contributed by atoms with Crippen molar-refractivity contribution in [3.05, 3.63) is 0 Å². The number of hydrogen-bond donors (Lipinski definition) is 2. The van der Waals surface area contributed by atoms with Gasteiger partial charge in [0.2, 0.25) is 0 Å². The van der Waals surface area contributed by atoms with E-state index in [2.05, 4.69) is 30.2 Å². The number of ether oxygens (including phenoxy) is 1. The lowest BCUT2D eigenvalue weighted by atomic mass is 10.2. The molecule has 58 valence electrons. The molecular weight excluding hydrogens is 166 g/mol. The van der Waals surface area contributed by atoms with Crippen LogP contribution in [0.25, 0.3) is 0 Å². The molecule has 0 N–H and O–H groups in total. The van der Waals surface area contributed by atoms with Crippen molar-refractivity contribution in [3.8, 4) is 0 Å². The van der Waals surface area contributed by atoms with Crippen LogP contribution in [0.2, 0.25) is 0 Å². The van der Waals surface area contributed by atoms with E-state index in [1.54, 1.807) is 0 Å². The van der Waals surface area contributed by atoms with Crippen LogP contribution in [0.15, 0.2) is 0 Å². The number of fused-ring (bicyclic) bond motifs is 2. The van der Waals surface area contributed by atoms with Crippen LogP contribution >= 0.6 is 25.3 Å². The van der Waals surface area contributed by atoms with Crippen LogP contribution in [-0.4, -0.2) is 34.9 Å². The summed E-state index contributed by atoms with van der Waals surface area (Å²) in [5.41, 5.74) is 0. The molecule has 0 radical (unpaired) electrons. The molecule has 2 fully saturated rings. The topological polar surface area (TPSA) is 12.5 Å². The third kappa shape index (κ3) is 1.07. The Morgan fingerprint density at radius 1 is 1.50 bits per heavy atom. The van der Waals surface area contributed by atoms with Crippen molar-refractivity contribution in [3.63, 3.8) is 0 Å². The Labute approximate surface area is 71.7 Å². The Bertz CT molecular complexity index is 142. The van der Waals surface area contributed by atoms with Crippen molar-refractivity contribution in [1.82, 2.24) is 4.90 Å². The highest BCUT2D eigenvalue weighted by Crippen LogP contribution is 2.31. The Morgan fingerprint density at radius 2 is 2.30 bits per heavy atom. The summed E-state index contributed by atoms with van der Waals surface area (Å²) in [5.74, 6) is 0. The molecule has 4 heteroatoms. The van der Waals surface area contributed by atoms with E-state index >= 15 is 0 Å². The molecule has 0 aliphatic carbocycles. The van der Waals surface area contributed by atoms with Gasteiger partial charge in [-0.3, -0.25) is 4.90 Å². The van der Waals surface area contributed by atoms with E-state index in [9.17, 15) is 0 Å². The summed E-state index contributed by atoms with van der Waals surface area (Å²) >= 11 is 8.52. The van der Waals surface area contributed by atoms with Crippen molar-refractivity contribution in [1.29, 1.82) is 0 Å². The minimum Gasteiger partial charge on any atom is -0.375 e. The van der Waals surface area contributed by atoms with Gasteiger partial charge in [0.15, 0.2) is 0 Å². The molecule has 2 aliphatic rings. The van der Waals surface area contributed by atoms with Crippen molar-refractivity contribution in [2.45, 2.75) is 23.3 Å². The lowest BCUT2D eigenvalue weighted by Gasteiger charge is -2.28. The smallest absolute Gasteiger partial charge is 0.0973 e. The molecule has 2 aliphatic heterocycles. The lowest BCUT2D eigenvalue weighted by Crippen LogP contribution is -2.39. The van der Waals surface area contributed by atoms with Gasteiger partial charge in [0.1, 0.15) is 0 Å². The molecule has 0 aromatic carbocycles. The Hall–Kier alpha value is 0.620. The minimum absolute atomic E-state index is 0.0962. The Morgan fingerprint density at radius 3 is 2.60 bits per heavy atom. The predicted molar refractivity (Wildman–Crippen MR) is 46.6 cm³/mol. The first-order valence-corrected chi connectivity index (χ1v) is 4.54. The van der Waals surface area contributed by atoms with Gasteiger partial charge in [-0.15, -0.1) is 25.3 Å². The molecule has 0 saturated carbocycles. The number of rotatable bonds is 1. The van der Waals surface area contributed by atoms with E-state index in [1.165, 1.54) is 6.42 Å². The summed E-state index contributed by atoms with van der Waals surface area (Å²) < 4.78 is 5.52. The van der Waals surface area contributed by atoms with Gasteiger partial charge >= 0.3 is 0 Å². The second-order valence-electron chi connectivity index (χ2n) is 2.89. The lowest BCUT2D eigenvalue weighted by molar-refractivity contribution is 0.0359. The van der Waals surface area contributed by atoms with Gasteiger partial charge < -0.3 is 4.74 Å². The SMILES string of the molecule is SC(S)N1C[C@H]2C[C@@H]1CO2. The maximum absolute atomic E-state index is 5.42. The third-order valence-corrected chi connectivity index (χ3v) is 2.83. The average Bonchev–Trinajstić information content (AvgIpc) is 2.44. The van der Waals surface area contributed by atoms with Crippen LogP contribution in [0.1, 0.15) is 6.42 Å². The molecule has 2 nitrogen and oxygen atoms in total. The molecule has 0 unspecified atom stereocenters. The monoisotopic (exact) mass is 177 g/mol. The average molecular weight is 177 g/mol. The molecule has 10 heavy (non-hydrogen) atoms. The van der Waals surface area contributed by atoms with Crippen molar-refractivity contribution in [2.75, 3.05) is 13.2 Å². The first-order chi connectivity index (χ1) is 4.77. The fourth-order valence-electron chi connectivity index (χ4n) is 1.71. The largest absolute Gasteiger partial charge is 0.375 e. The van der Waals surface area contributed by atoms with Crippen LogP contribution in [0, 0.1) is 0 Å². The maximum Gasteiger partial charge on any atom is 0.0973 e. The van der Waals surface area contributed by atoms with Crippen molar-refractivity contribution in [2.24, 2.45) is 0 Å². The van der Waals surface area contributed by atoms with Gasteiger partial charge in [-0.05, 0) is 6.42 Å². The van der Waals surface area contributed by atoms with Crippen LogP contribution in [0.4, 0.5) is 0 Å². The third-order valence-electron chi connectivity index (χ3n) is 2.24. The minimum atomic E-state index is 0.0962. The van der Waals surface area contributed by atoms with E-state index in [4.69, 9.17) is 4.74 Å². The maximum atomic E-state index is 5.42. The molecule has 0 aromatic heterocycles. The predicted octanol–water partition coefficient (Wildman–Crippen LogP) is 0.603. The fraction of sp³-hybridized carbons (Fsp3) is 1.00. The standard InChI is InChI=1S/C6H11NOS2/c9-6(10)7-2-5-1-4(7)3-8-5/h4-6,9-10H,1-3H2/t4-,5-/m1/s1. The zero-order valence-electron chi connectivity index (χ0n) is 5.60. The Balaban J connectivity index is 2.02. The van der Waals surface area contributed by atoms with Gasteiger partial charge in [0.05, 0.1) is 17.4 Å². The van der Waals surface area contributed by atoms with E-state index in [0.717, 1.165) is 13.2 Å². The number of thiol groups is 2. The normalized spacial score (nSPS) is 39.9. The zero-order chi connectivity index (χ0) is 7.14. The van der Waals surface area contributed by atoms with Gasteiger partial charge in [-0.1, -0.05) is 0 Å².